The van der Waals surface area contributed by atoms with Crippen LogP contribution in [0, 0.1) is 0 Å². The lowest BCUT2D eigenvalue weighted by Crippen LogP contribution is -2.55. The molecule has 0 aromatic heterocycles. The molecule has 1 fully saturated rings. The topological polar surface area (TPSA) is 27.7 Å². The molecular weight excluding hydrogens is 214 g/mol. The van der Waals surface area contributed by atoms with Crippen LogP contribution in [-0.4, -0.2) is 75.4 Å². The van der Waals surface area contributed by atoms with Gasteiger partial charge in [-0.05, 0) is 26.9 Å². The third-order valence-electron chi connectivity index (χ3n) is 3.47. The first-order valence-electron chi connectivity index (χ1n) is 6.82. The van der Waals surface area contributed by atoms with Crippen molar-refractivity contribution in [2.45, 2.75) is 32.4 Å². The summed E-state index contributed by atoms with van der Waals surface area (Å²) in [5.74, 6) is 0. The third kappa shape index (κ3) is 5.34. The van der Waals surface area contributed by atoms with E-state index in [2.05, 4.69) is 36.0 Å². The van der Waals surface area contributed by atoms with Gasteiger partial charge in [0.15, 0.2) is 0 Å². The SMILES string of the molecule is CCCNC(COC)CN1CCN(C)CC1C. The predicted octanol–water partition coefficient (Wildman–Crippen LogP) is 0.637. The smallest absolute Gasteiger partial charge is 0.0628 e. The van der Waals surface area contributed by atoms with E-state index in [1.165, 1.54) is 26.1 Å². The van der Waals surface area contributed by atoms with Gasteiger partial charge in [-0.25, -0.2) is 0 Å². The van der Waals surface area contributed by atoms with Gasteiger partial charge in [0.05, 0.1) is 6.61 Å². The average molecular weight is 243 g/mol. The molecule has 0 bridgehead atoms. The summed E-state index contributed by atoms with van der Waals surface area (Å²) in [4.78, 5) is 4.98. The Morgan fingerprint density at radius 3 is 2.76 bits per heavy atom. The number of hydrogen-bond donors (Lipinski definition) is 1. The number of methoxy groups -OCH3 is 1. The van der Waals surface area contributed by atoms with E-state index >= 15 is 0 Å². The number of nitrogens with one attached hydrogen (secondary N) is 1. The molecule has 0 spiro atoms. The molecule has 0 saturated carbocycles. The zero-order valence-corrected chi connectivity index (χ0v) is 11.9. The minimum Gasteiger partial charge on any atom is -0.383 e. The third-order valence-corrected chi connectivity index (χ3v) is 3.47. The van der Waals surface area contributed by atoms with Crippen LogP contribution in [0.5, 0.6) is 0 Å². The summed E-state index contributed by atoms with van der Waals surface area (Å²) in [6.45, 7) is 11.0. The van der Waals surface area contributed by atoms with E-state index in [9.17, 15) is 0 Å². The van der Waals surface area contributed by atoms with Gasteiger partial charge in [-0.2, -0.15) is 0 Å². The minimum absolute atomic E-state index is 0.464. The molecule has 1 aliphatic heterocycles. The molecule has 1 N–H and O–H groups in total. The van der Waals surface area contributed by atoms with Gasteiger partial charge in [-0.1, -0.05) is 6.92 Å². The zero-order valence-electron chi connectivity index (χ0n) is 11.9. The number of ether oxygens (including phenoxy) is 1. The molecular formula is C13H29N3O. The lowest BCUT2D eigenvalue weighted by atomic mass is 10.1. The van der Waals surface area contributed by atoms with Crippen LogP contribution in [0.25, 0.3) is 0 Å². The van der Waals surface area contributed by atoms with Crippen LogP contribution >= 0.6 is 0 Å². The van der Waals surface area contributed by atoms with Crippen molar-refractivity contribution in [3.8, 4) is 0 Å². The molecule has 0 aromatic rings. The highest BCUT2D eigenvalue weighted by atomic mass is 16.5. The lowest BCUT2D eigenvalue weighted by molar-refractivity contribution is 0.0724. The van der Waals surface area contributed by atoms with E-state index in [1.807, 2.05) is 0 Å². The summed E-state index contributed by atoms with van der Waals surface area (Å²) in [5.41, 5.74) is 0. The van der Waals surface area contributed by atoms with Crippen LogP contribution in [-0.2, 0) is 4.74 Å². The Balaban J connectivity index is 2.37. The molecule has 2 unspecified atom stereocenters. The Bertz CT molecular complexity index is 201. The molecule has 0 aliphatic carbocycles. The van der Waals surface area contributed by atoms with Crippen molar-refractivity contribution >= 4 is 0 Å². The Hall–Kier alpha value is -0.160. The molecule has 4 heteroatoms. The van der Waals surface area contributed by atoms with Gasteiger partial charge < -0.3 is 15.0 Å². The van der Waals surface area contributed by atoms with Crippen LogP contribution < -0.4 is 5.32 Å². The maximum atomic E-state index is 5.30. The van der Waals surface area contributed by atoms with Crippen LogP contribution in [0.2, 0.25) is 0 Å². The molecule has 4 nitrogen and oxygen atoms in total. The molecule has 1 rings (SSSR count). The highest BCUT2D eigenvalue weighted by molar-refractivity contribution is 4.81. The largest absolute Gasteiger partial charge is 0.383 e. The first-order chi connectivity index (χ1) is 8.17. The van der Waals surface area contributed by atoms with Crippen molar-refractivity contribution in [2.75, 3.05) is 53.5 Å². The molecule has 0 amide bonds. The summed E-state index contributed by atoms with van der Waals surface area (Å²) in [5, 5.41) is 3.57. The van der Waals surface area contributed by atoms with E-state index in [4.69, 9.17) is 4.74 Å². The monoisotopic (exact) mass is 243 g/mol. The first kappa shape index (κ1) is 14.9. The summed E-state index contributed by atoms with van der Waals surface area (Å²) >= 11 is 0. The zero-order chi connectivity index (χ0) is 12.7. The maximum Gasteiger partial charge on any atom is 0.0628 e. The molecule has 1 aliphatic rings. The quantitative estimate of drug-likeness (QED) is 0.710. The van der Waals surface area contributed by atoms with E-state index < -0.39 is 0 Å². The number of piperazine rings is 1. The molecule has 1 heterocycles. The van der Waals surface area contributed by atoms with Crippen LogP contribution in [0.3, 0.4) is 0 Å². The fraction of sp³-hybridized carbons (Fsp3) is 1.00. The summed E-state index contributed by atoms with van der Waals surface area (Å²) in [6, 6.07) is 1.11. The number of nitrogens with zero attached hydrogens (tertiary/aromatic N) is 2. The van der Waals surface area contributed by atoms with Crippen molar-refractivity contribution in [3.63, 3.8) is 0 Å². The van der Waals surface area contributed by atoms with Gasteiger partial charge in [-0.15, -0.1) is 0 Å². The molecule has 0 radical (unpaired) electrons. The summed E-state index contributed by atoms with van der Waals surface area (Å²) in [7, 11) is 3.99. The van der Waals surface area contributed by atoms with Gasteiger partial charge in [0.1, 0.15) is 0 Å². The molecule has 1 saturated heterocycles. The second-order valence-corrected chi connectivity index (χ2v) is 5.21. The highest BCUT2D eigenvalue weighted by Gasteiger charge is 2.23. The van der Waals surface area contributed by atoms with E-state index in [0.717, 1.165) is 19.7 Å². The normalized spacial score (nSPS) is 25.1. The fourth-order valence-electron chi connectivity index (χ4n) is 2.46. The Labute approximate surface area is 106 Å². The lowest BCUT2D eigenvalue weighted by Gasteiger charge is -2.40. The second kappa shape index (κ2) is 8.03. The van der Waals surface area contributed by atoms with Gasteiger partial charge in [0.25, 0.3) is 0 Å². The summed E-state index contributed by atoms with van der Waals surface area (Å²) in [6.07, 6.45) is 1.18. The van der Waals surface area contributed by atoms with Crippen molar-refractivity contribution < 1.29 is 4.74 Å². The average Bonchev–Trinajstić information content (AvgIpc) is 2.29. The van der Waals surface area contributed by atoms with Crippen molar-refractivity contribution in [1.82, 2.24) is 15.1 Å². The van der Waals surface area contributed by atoms with E-state index in [-0.39, 0.29) is 0 Å². The van der Waals surface area contributed by atoms with Crippen LogP contribution in [0.15, 0.2) is 0 Å². The van der Waals surface area contributed by atoms with Gasteiger partial charge in [0, 0.05) is 45.4 Å². The van der Waals surface area contributed by atoms with Gasteiger partial charge in [0.2, 0.25) is 0 Å². The molecule has 2 atom stereocenters. The standard InChI is InChI=1S/C13H29N3O/c1-5-6-14-13(11-17-4)10-16-8-7-15(3)9-12(16)2/h12-14H,5-11H2,1-4H3. The second-order valence-electron chi connectivity index (χ2n) is 5.21. The maximum absolute atomic E-state index is 5.30. The fourth-order valence-corrected chi connectivity index (χ4v) is 2.46. The number of likely N-dealkylation sites (N-methyl/N-ethyl adjacent to an activating group) is 1. The van der Waals surface area contributed by atoms with Gasteiger partial charge >= 0.3 is 0 Å². The Morgan fingerprint density at radius 2 is 2.18 bits per heavy atom. The Morgan fingerprint density at radius 1 is 1.41 bits per heavy atom. The highest BCUT2D eigenvalue weighted by Crippen LogP contribution is 2.08. The van der Waals surface area contributed by atoms with Crippen molar-refractivity contribution in [3.05, 3.63) is 0 Å². The van der Waals surface area contributed by atoms with Crippen molar-refractivity contribution in [2.24, 2.45) is 0 Å². The molecule has 0 aromatic carbocycles. The molecule has 102 valence electrons. The number of hydrogen-bond acceptors (Lipinski definition) is 4. The number of rotatable bonds is 7. The first-order valence-corrected chi connectivity index (χ1v) is 6.82. The minimum atomic E-state index is 0.464. The van der Waals surface area contributed by atoms with E-state index in [0.29, 0.717) is 12.1 Å². The van der Waals surface area contributed by atoms with Crippen LogP contribution in [0.4, 0.5) is 0 Å². The predicted molar refractivity (Wildman–Crippen MR) is 72.5 cm³/mol. The Kier molecular flexibility index (Phi) is 7.04. The van der Waals surface area contributed by atoms with Crippen molar-refractivity contribution in [1.29, 1.82) is 0 Å². The van der Waals surface area contributed by atoms with E-state index in [1.54, 1.807) is 7.11 Å². The molecule has 17 heavy (non-hydrogen) atoms. The van der Waals surface area contributed by atoms with Crippen LogP contribution in [0.1, 0.15) is 20.3 Å². The van der Waals surface area contributed by atoms with Gasteiger partial charge in [-0.3, -0.25) is 4.90 Å². The summed E-state index contributed by atoms with van der Waals surface area (Å²) < 4.78 is 5.30.